The molecule has 7 heteroatoms. The molecule has 0 unspecified atom stereocenters. The van der Waals surface area contributed by atoms with E-state index in [4.69, 9.17) is 14.0 Å². The van der Waals surface area contributed by atoms with Crippen molar-refractivity contribution in [3.63, 3.8) is 0 Å². The molecule has 7 nitrogen and oxygen atoms in total. The number of piperidine rings is 1. The van der Waals surface area contributed by atoms with Crippen LogP contribution in [0.3, 0.4) is 0 Å². The van der Waals surface area contributed by atoms with Gasteiger partial charge in [0.15, 0.2) is 0 Å². The van der Waals surface area contributed by atoms with Crippen LogP contribution in [0.4, 0.5) is 0 Å². The average Bonchev–Trinajstić information content (AvgIpc) is 3.47. The summed E-state index contributed by atoms with van der Waals surface area (Å²) in [5.74, 6) is 0.309. The van der Waals surface area contributed by atoms with Gasteiger partial charge in [0.1, 0.15) is 17.6 Å². The summed E-state index contributed by atoms with van der Waals surface area (Å²) in [4.78, 5) is 27.7. The number of hydrogen-bond acceptors (Lipinski definition) is 6. The number of nitrogens with zero attached hydrogens (tertiary/aromatic N) is 2. The van der Waals surface area contributed by atoms with E-state index in [-0.39, 0.29) is 11.9 Å². The Balaban J connectivity index is 1.56. The molecule has 1 amide bonds. The summed E-state index contributed by atoms with van der Waals surface area (Å²) >= 11 is 0. The number of ether oxygens (including phenoxy) is 2. The monoisotopic (exact) mass is 412 g/mol. The lowest BCUT2D eigenvalue weighted by molar-refractivity contribution is -0.162. The van der Waals surface area contributed by atoms with Gasteiger partial charge >= 0.3 is 5.97 Å². The molecule has 2 saturated heterocycles. The average molecular weight is 412 g/mol. The van der Waals surface area contributed by atoms with Crippen molar-refractivity contribution in [3.8, 4) is 11.3 Å². The van der Waals surface area contributed by atoms with E-state index in [0.717, 1.165) is 30.5 Å². The lowest BCUT2D eigenvalue weighted by Crippen LogP contribution is -2.53. The van der Waals surface area contributed by atoms with E-state index in [1.54, 1.807) is 11.8 Å². The highest BCUT2D eigenvalue weighted by Gasteiger charge is 2.46. The van der Waals surface area contributed by atoms with Crippen LogP contribution in [0, 0.1) is 5.41 Å². The molecule has 30 heavy (non-hydrogen) atoms. The van der Waals surface area contributed by atoms with Gasteiger partial charge < -0.3 is 18.9 Å². The summed E-state index contributed by atoms with van der Waals surface area (Å²) in [6.45, 7) is 3.66. The minimum absolute atomic E-state index is 0.0246. The quantitative estimate of drug-likeness (QED) is 0.678. The van der Waals surface area contributed by atoms with Crippen LogP contribution in [0.1, 0.15) is 38.4 Å². The summed E-state index contributed by atoms with van der Waals surface area (Å²) in [5, 5.41) is 4.18. The van der Waals surface area contributed by atoms with Crippen LogP contribution < -0.4 is 0 Å². The first-order valence-corrected chi connectivity index (χ1v) is 10.7. The van der Waals surface area contributed by atoms with E-state index in [9.17, 15) is 9.59 Å². The Morgan fingerprint density at radius 3 is 2.83 bits per heavy atom. The van der Waals surface area contributed by atoms with Gasteiger partial charge in [0.05, 0.1) is 12.0 Å². The molecule has 2 aromatic rings. The molecular formula is C23H28N2O5. The Morgan fingerprint density at radius 1 is 1.27 bits per heavy atom. The fourth-order valence-corrected chi connectivity index (χ4v) is 4.44. The highest BCUT2D eigenvalue weighted by atomic mass is 16.5. The minimum Gasteiger partial charge on any atom is -0.466 e. The molecule has 0 radical (unpaired) electrons. The van der Waals surface area contributed by atoms with Crippen LogP contribution in [0.25, 0.3) is 11.3 Å². The van der Waals surface area contributed by atoms with Crippen LogP contribution in [0.15, 0.2) is 40.9 Å². The smallest absolute Gasteiger partial charge is 0.314 e. The van der Waals surface area contributed by atoms with Crippen molar-refractivity contribution in [3.05, 3.63) is 42.2 Å². The maximum absolute atomic E-state index is 13.0. The first kappa shape index (κ1) is 20.6. The predicted molar refractivity (Wildman–Crippen MR) is 109 cm³/mol. The summed E-state index contributed by atoms with van der Waals surface area (Å²) in [7, 11) is 0. The van der Waals surface area contributed by atoms with Crippen LogP contribution >= 0.6 is 0 Å². The van der Waals surface area contributed by atoms with Gasteiger partial charge in [0, 0.05) is 37.7 Å². The van der Waals surface area contributed by atoms with Crippen molar-refractivity contribution in [1.29, 1.82) is 0 Å². The van der Waals surface area contributed by atoms with Crippen molar-refractivity contribution in [2.45, 2.75) is 45.1 Å². The van der Waals surface area contributed by atoms with Gasteiger partial charge in [-0.25, -0.2) is 0 Å². The molecule has 2 fully saturated rings. The zero-order chi connectivity index (χ0) is 21.0. The molecule has 3 heterocycles. The normalized spacial score (nSPS) is 24.0. The van der Waals surface area contributed by atoms with E-state index < -0.39 is 11.5 Å². The molecule has 0 bridgehead atoms. The summed E-state index contributed by atoms with van der Waals surface area (Å²) in [5.41, 5.74) is 0.847. The van der Waals surface area contributed by atoms with Gasteiger partial charge in [-0.1, -0.05) is 35.5 Å². The second-order valence-corrected chi connectivity index (χ2v) is 8.09. The Hall–Kier alpha value is -2.67. The van der Waals surface area contributed by atoms with Crippen molar-refractivity contribution in [1.82, 2.24) is 10.1 Å². The maximum atomic E-state index is 13.0. The zero-order valence-electron chi connectivity index (χ0n) is 17.3. The van der Waals surface area contributed by atoms with Crippen molar-refractivity contribution >= 4 is 11.9 Å². The fraction of sp³-hybridized carbons (Fsp3) is 0.522. The topological polar surface area (TPSA) is 81.9 Å². The molecule has 2 aliphatic heterocycles. The summed E-state index contributed by atoms with van der Waals surface area (Å²) < 4.78 is 16.6. The Kier molecular flexibility index (Phi) is 6.18. The fourth-order valence-electron chi connectivity index (χ4n) is 4.44. The van der Waals surface area contributed by atoms with Gasteiger partial charge in [0.25, 0.3) is 5.91 Å². The summed E-state index contributed by atoms with van der Waals surface area (Å²) in [6, 6.07) is 11.6. The molecule has 160 valence electrons. The number of amides is 1. The number of hydrogen-bond donors (Lipinski definition) is 0. The second kappa shape index (κ2) is 9.00. The molecule has 2 aliphatic rings. The van der Waals surface area contributed by atoms with E-state index >= 15 is 0 Å². The molecular weight excluding hydrogens is 384 g/mol. The molecule has 1 aromatic carbocycles. The van der Waals surface area contributed by atoms with E-state index in [1.807, 2.05) is 36.4 Å². The van der Waals surface area contributed by atoms with Crippen LogP contribution in [0.5, 0.6) is 0 Å². The van der Waals surface area contributed by atoms with E-state index in [2.05, 4.69) is 5.16 Å². The number of likely N-dealkylation sites (tertiary alicyclic amines) is 1. The van der Waals surface area contributed by atoms with E-state index in [1.165, 1.54) is 0 Å². The lowest BCUT2D eigenvalue weighted by atomic mass is 9.76. The standard InChI is InChI=1S/C23H28N2O5/c1-2-28-22(27)23(11-7-12-25(16-23)21(26)20-10-6-13-29-20)15-18-14-19(24-30-18)17-8-4-3-5-9-17/h3-5,8-9,14,20H,2,6-7,10-13,15-16H2,1H3/t20-,23+/m1/s1. The van der Waals surface area contributed by atoms with Crippen molar-refractivity contribution < 1.29 is 23.6 Å². The third kappa shape index (κ3) is 4.26. The number of aromatic nitrogens is 1. The molecule has 4 rings (SSSR count). The number of rotatable bonds is 6. The SMILES string of the molecule is CCOC(=O)[C@]1(Cc2cc(-c3ccccc3)no2)CCCN(C(=O)[C@H]2CCCO2)C1. The third-order valence-corrected chi connectivity index (χ3v) is 5.94. The van der Waals surface area contributed by atoms with Crippen LogP contribution in [0.2, 0.25) is 0 Å². The molecule has 0 N–H and O–H groups in total. The largest absolute Gasteiger partial charge is 0.466 e. The van der Waals surface area contributed by atoms with E-state index in [0.29, 0.717) is 44.9 Å². The number of carbonyl (C=O) groups is 2. The molecule has 2 atom stereocenters. The van der Waals surface area contributed by atoms with Gasteiger partial charge in [-0.3, -0.25) is 9.59 Å². The van der Waals surface area contributed by atoms with Gasteiger partial charge in [-0.05, 0) is 32.6 Å². The zero-order valence-corrected chi connectivity index (χ0v) is 17.3. The summed E-state index contributed by atoms with van der Waals surface area (Å²) in [6.07, 6.45) is 2.97. The van der Waals surface area contributed by atoms with Crippen molar-refractivity contribution in [2.24, 2.45) is 5.41 Å². The maximum Gasteiger partial charge on any atom is 0.314 e. The Labute approximate surface area is 176 Å². The van der Waals surface area contributed by atoms with Gasteiger partial charge in [0.2, 0.25) is 0 Å². The highest BCUT2D eigenvalue weighted by molar-refractivity contribution is 5.83. The number of esters is 1. The highest BCUT2D eigenvalue weighted by Crippen LogP contribution is 2.37. The molecule has 0 spiro atoms. The minimum atomic E-state index is -0.837. The first-order valence-electron chi connectivity index (χ1n) is 10.7. The van der Waals surface area contributed by atoms with Gasteiger partial charge in [-0.2, -0.15) is 0 Å². The predicted octanol–water partition coefficient (Wildman–Crippen LogP) is 3.24. The number of carbonyl (C=O) groups excluding carboxylic acids is 2. The molecule has 0 saturated carbocycles. The number of benzene rings is 1. The van der Waals surface area contributed by atoms with Gasteiger partial charge in [-0.15, -0.1) is 0 Å². The molecule has 1 aromatic heterocycles. The second-order valence-electron chi connectivity index (χ2n) is 8.09. The Morgan fingerprint density at radius 2 is 2.10 bits per heavy atom. The van der Waals surface area contributed by atoms with Crippen LogP contribution in [-0.2, 0) is 25.5 Å². The first-order chi connectivity index (χ1) is 14.6. The lowest BCUT2D eigenvalue weighted by Gasteiger charge is -2.41. The van der Waals surface area contributed by atoms with Crippen molar-refractivity contribution in [2.75, 3.05) is 26.3 Å². The third-order valence-electron chi connectivity index (χ3n) is 5.94. The molecule has 0 aliphatic carbocycles. The van der Waals surface area contributed by atoms with Crippen LogP contribution in [-0.4, -0.2) is 54.3 Å². The Bertz CT molecular complexity index is 875.